The number of benzene rings is 2. The summed E-state index contributed by atoms with van der Waals surface area (Å²) in [6, 6.07) is 20.4. The molecule has 2 fully saturated rings. The van der Waals surface area contributed by atoms with Gasteiger partial charge >= 0.3 is 18.9 Å². The first-order chi connectivity index (χ1) is 15.1. The fraction of sp³-hybridized carbons (Fsp3) is 0.500. The maximum Gasteiger partial charge on any atom is 1.00 e. The Morgan fingerprint density at radius 3 is 1.76 bits per heavy atom. The molecule has 2 aliphatic rings. The number of hydrogen-bond acceptors (Lipinski definition) is 4. The summed E-state index contributed by atoms with van der Waals surface area (Å²) in [4.78, 5) is 16.3. The zero-order valence-corrected chi connectivity index (χ0v) is 19.7. The van der Waals surface area contributed by atoms with Crippen LogP contribution in [0.2, 0.25) is 0 Å². The van der Waals surface area contributed by atoms with Crippen LogP contribution in [-0.2, 0) is 17.6 Å². The summed E-state index contributed by atoms with van der Waals surface area (Å²) in [7, 11) is 0. The van der Waals surface area contributed by atoms with E-state index in [1.54, 1.807) is 0 Å². The zero-order chi connectivity index (χ0) is 21.9. The van der Waals surface area contributed by atoms with Crippen LogP contribution in [-0.4, -0.2) is 77.9 Å². The van der Waals surface area contributed by atoms with Gasteiger partial charge in [-0.15, -0.1) is 0 Å². The molecular weight excluding hydrogens is 418 g/mol. The summed E-state index contributed by atoms with van der Waals surface area (Å²) in [5.41, 5.74) is 14.6. The van der Waals surface area contributed by atoms with Gasteiger partial charge in [0, 0.05) is 25.7 Å². The van der Waals surface area contributed by atoms with Crippen molar-refractivity contribution in [1.82, 2.24) is 9.80 Å². The van der Waals surface area contributed by atoms with E-state index in [9.17, 15) is 4.79 Å². The third-order valence-electron chi connectivity index (χ3n) is 6.07. The third kappa shape index (κ3) is 10.8. The van der Waals surface area contributed by atoms with Crippen molar-refractivity contribution in [3.63, 3.8) is 0 Å². The number of nitrogens with two attached hydrogens (primary N) is 2. The Balaban J connectivity index is 0.000000590. The third-order valence-corrected chi connectivity index (χ3v) is 6.07. The number of amides is 1. The Kier molecular flexibility index (Phi) is 15.0. The second-order valence-electron chi connectivity index (χ2n) is 8.79. The van der Waals surface area contributed by atoms with Gasteiger partial charge in [0.2, 0.25) is 5.91 Å². The van der Waals surface area contributed by atoms with E-state index in [0.29, 0.717) is 6.42 Å². The van der Waals surface area contributed by atoms with E-state index in [1.807, 2.05) is 35.2 Å². The molecule has 2 aromatic carbocycles. The molecule has 0 bridgehead atoms. The molecule has 0 spiro atoms. The van der Waals surface area contributed by atoms with Crippen LogP contribution in [0, 0.1) is 0 Å². The average Bonchev–Trinajstić information content (AvgIpc) is 3.49. The minimum atomic E-state index is -0.388. The summed E-state index contributed by atoms with van der Waals surface area (Å²) < 4.78 is 0. The first kappa shape index (κ1) is 30.0. The number of likely N-dealkylation sites (tertiary alicyclic amines) is 2. The van der Waals surface area contributed by atoms with Gasteiger partial charge in [-0.3, -0.25) is 4.79 Å². The molecule has 176 valence electrons. The Morgan fingerprint density at radius 2 is 1.24 bits per heavy atom. The molecule has 5 nitrogen and oxygen atoms in total. The standard InChI is InChI=1S/C13H18N2O.C13H20N2.Al.Li.4H/c14-12(10-11-6-2-1-3-7-11)13(16)15-8-4-5-9-15;14-13(11-15-8-4-5-9-15)10-12-6-2-1-3-7-12;;;;;;/h1-3,6-7,12H,4-5,8-10,14H2;1-3,6-7,13H,4-5,8-11,14H2;;;;;;/q;;;+1;;;;-1/t12-;13-;;;;;;/m00....../s1. The summed E-state index contributed by atoms with van der Waals surface area (Å²) in [5.74, 6) is 0.0985. The molecule has 2 heterocycles. The molecule has 2 aliphatic heterocycles. The van der Waals surface area contributed by atoms with Crippen LogP contribution in [0.25, 0.3) is 0 Å². The van der Waals surface area contributed by atoms with Crippen LogP contribution >= 0.6 is 0 Å². The summed E-state index contributed by atoms with van der Waals surface area (Å²) in [5, 5.41) is 0. The van der Waals surface area contributed by atoms with Crippen molar-refractivity contribution in [2.24, 2.45) is 11.5 Å². The van der Waals surface area contributed by atoms with Crippen LogP contribution < -0.4 is 30.3 Å². The van der Waals surface area contributed by atoms with E-state index in [-0.39, 0.29) is 55.6 Å². The van der Waals surface area contributed by atoms with Gasteiger partial charge in [0.15, 0.2) is 17.4 Å². The number of carbonyl (C=O) groups is 1. The molecule has 1 amide bonds. The van der Waals surface area contributed by atoms with Crippen LogP contribution in [0.4, 0.5) is 0 Å². The second-order valence-corrected chi connectivity index (χ2v) is 8.79. The Morgan fingerprint density at radius 1 is 0.788 bits per heavy atom. The van der Waals surface area contributed by atoms with Gasteiger partial charge in [0.05, 0.1) is 6.04 Å². The molecule has 7 heteroatoms. The molecule has 0 unspecified atom stereocenters. The van der Waals surface area contributed by atoms with E-state index in [4.69, 9.17) is 11.5 Å². The number of rotatable bonds is 7. The Labute approximate surface area is 224 Å². The maximum atomic E-state index is 12.0. The fourth-order valence-electron chi connectivity index (χ4n) is 4.41. The molecular formula is C26H42AlLiN4O. The van der Waals surface area contributed by atoms with E-state index in [1.165, 1.54) is 31.5 Å². The average molecular weight is 461 g/mol. The first-order valence-electron chi connectivity index (χ1n) is 11.7. The fourth-order valence-corrected chi connectivity index (χ4v) is 4.41. The van der Waals surface area contributed by atoms with E-state index in [2.05, 4.69) is 35.2 Å². The van der Waals surface area contributed by atoms with Gasteiger partial charge in [-0.05, 0) is 62.7 Å². The Hall–Kier alpha value is -1.08. The SMILES string of the molecule is N[C@@H](Cc1ccccc1)C(=O)N1CCCC1.N[C@@H](Cc1ccccc1)CN1CCCC1.[AlH3].[H-].[Li+]. The molecule has 2 atom stereocenters. The molecule has 0 aromatic heterocycles. The van der Waals surface area contributed by atoms with Crippen molar-refractivity contribution < 1.29 is 25.1 Å². The number of carbonyl (C=O) groups excluding carboxylic acids is 1. The summed E-state index contributed by atoms with van der Waals surface area (Å²) in [6.07, 6.45) is 6.55. The number of nitrogens with zero attached hydrogens (tertiary/aromatic N) is 2. The molecule has 0 aliphatic carbocycles. The van der Waals surface area contributed by atoms with Crippen LogP contribution in [0.3, 0.4) is 0 Å². The topological polar surface area (TPSA) is 75.6 Å². The van der Waals surface area contributed by atoms with Crippen molar-refractivity contribution in [3.8, 4) is 0 Å². The van der Waals surface area contributed by atoms with Crippen molar-refractivity contribution in [3.05, 3.63) is 71.8 Å². The molecule has 4 N–H and O–H groups in total. The molecule has 0 radical (unpaired) electrons. The molecule has 2 saturated heterocycles. The second kappa shape index (κ2) is 16.5. The quantitative estimate of drug-likeness (QED) is 0.507. The first-order valence-corrected chi connectivity index (χ1v) is 11.7. The minimum absolute atomic E-state index is 0. The van der Waals surface area contributed by atoms with Gasteiger partial charge in [0.25, 0.3) is 0 Å². The van der Waals surface area contributed by atoms with Crippen LogP contribution in [0.15, 0.2) is 60.7 Å². The molecule has 2 aromatic rings. The molecule has 0 saturated carbocycles. The summed E-state index contributed by atoms with van der Waals surface area (Å²) >= 11 is 0. The van der Waals surface area contributed by atoms with E-state index < -0.39 is 0 Å². The van der Waals surface area contributed by atoms with Crippen molar-refractivity contribution in [1.29, 1.82) is 0 Å². The van der Waals surface area contributed by atoms with Gasteiger partial charge in [-0.1, -0.05) is 60.7 Å². The maximum absolute atomic E-state index is 12.0. The van der Waals surface area contributed by atoms with Crippen LogP contribution in [0.1, 0.15) is 38.2 Å². The Bertz CT molecular complexity index is 775. The van der Waals surface area contributed by atoms with Gasteiger partial charge in [-0.2, -0.15) is 0 Å². The minimum Gasteiger partial charge on any atom is -1.00 e. The van der Waals surface area contributed by atoms with Crippen molar-refractivity contribution >= 4 is 23.3 Å². The molecule has 4 rings (SSSR count). The van der Waals surface area contributed by atoms with E-state index >= 15 is 0 Å². The zero-order valence-electron chi connectivity index (χ0n) is 20.7. The normalized spacial score (nSPS) is 17.2. The predicted molar refractivity (Wildman–Crippen MR) is 139 cm³/mol. The predicted octanol–water partition coefficient (Wildman–Crippen LogP) is -1.24. The van der Waals surface area contributed by atoms with Gasteiger partial charge < -0.3 is 22.7 Å². The molecule has 33 heavy (non-hydrogen) atoms. The monoisotopic (exact) mass is 460 g/mol. The summed E-state index contributed by atoms with van der Waals surface area (Å²) in [6.45, 7) is 5.28. The van der Waals surface area contributed by atoms with Gasteiger partial charge in [-0.25, -0.2) is 0 Å². The van der Waals surface area contributed by atoms with Crippen molar-refractivity contribution in [2.75, 3.05) is 32.7 Å². The smallest absolute Gasteiger partial charge is 1.00 e. The van der Waals surface area contributed by atoms with Gasteiger partial charge in [0.1, 0.15) is 0 Å². The van der Waals surface area contributed by atoms with E-state index in [0.717, 1.165) is 44.5 Å². The van der Waals surface area contributed by atoms with Crippen LogP contribution in [0.5, 0.6) is 0 Å². The largest absolute Gasteiger partial charge is 1.00 e. The number of hydrogen-bond donors (Lipinski definition) is 2. The van der Waals surface area contributed by atoms with Crippen molar-refractivity contribution in [2.45, 2.75) is 50.6 Å².